The maximum Gasteiger partial charge on any atom is 0.0700 e. The molecule has 0 saturated heterocycles. The predicted octanol–water partition coefficient (Wildman–Crippen LogP) is 2.43. The van der Waals surface area contributed by atoms with Crippen LogP contribution in [0.2, 0.25) is 0 Å². The standard InChI is InChI=1S/C14H24N2O2/c1-12-5-6-13(11-14(12)15)16-7-3-4-8-18-10-9-17-2/h5-6,11,16H,3-4,7-10,15H2,1-2H3. The Hall–Kier alpha value is -1.26. The zero-order chi connectivity index (χ0) is 13.2. The van der Waals surface area contributed by atoms with Crippen LogP contribution in [0.15, 0.2) is 18.2 Å². The molecule has 1 rings (SSSR count). The third-order valence-electron chi connectivity index (χ3n) is 2.76. The first-order valence-corrected chi connectivity index (χ1v) is 6.40. The molecular formula is C14H24N2O2. The number of unbranched alkanes of at least 4 members (excludes halogenated alkanes) is 1. The highest BCUT2D eigenvalue weighted by Gasteiger charge is 1.96. The SMILES string of the molecule is COCCOCCCCNc1ccc(C)c(N)c1. The predicted molar refractivity (Wildman–Crippen MR) is 76.0 cm³/mol. The maximum atomic E-state index is 5.85. The van der Waals surface area contributed by atoms with Gasteiger partial charge in [0, 0.05) is 31.6 Å². The molecule has 0 saturated carbocycles. The summed E-state index contributed by atoms with van der Waals surface area (Å²) in [6, 6.07) is 6.07. The van der Waals surface area contributed by atoms with Crippen LogP contribution in [0.1, 0.15) is 18.4 Å². The zero-order valence-corrected chi connectivity index (χ0v) is 11.4. The smallest absolute Gasteiger partial charge is 0.0700 e. The summed E-state index contributed by atoms with van der Waals surface area (Å²) in [7, 11) is 1.68. The summed E-state index contributed by atoms with van der Waals surface area (Å²) in [5.41, 5.74) is 8.88. The van der Waals surface area contributed by atoms with Gasteiger partial charge in [-0.15, -0.1) is 0 Å². The summed E-state index contributed by atoms with van der Waals surface area (Å²) in [4.78, 5) is 0. The van der Waals surface area contributed by atoms with Crippen molar-refractivity contribution in [2.45, 2.75) is 19.8 Å². The highest BCUT2D eigenvalue weighted by Crippen LogP contribution is 2.16. The molecule has 102 valence electrons. The van der Waals surface area contributed by atoms with Crippen LogP contribution in [0.5, 0.6) is 0 Å². The van der Waals surface area contributed by atoms with Gasteiger partial charge in [-0.3, -0.25) is 0 Å². The molecular weight excluding hydrogens is 228 g/mol. The number of rotatable bonds is 9. The number of hydrogen-bond donors (Lipinski definition) is 2. The van der Waals surface area contributed by atoms with Gasteiger partial charge < -0.3 is 20.5 Å². The molecule has 0 amide bonds. The molecule has 0 aliphatic carbocycles. The van der Waals surface area contributed by atoms with Gasteiger partial charge in [0.15, 0.2) is 0 Å². The normalized spacial score (nSPS) is 10.6. The Labute approximate surface area is 109 Å². The van der Waals surface area contributed by atoms with E-state index >= 15 is 0 Å². The second-order valence-corrected chi connectivity index (χ2v) is 4.31. The maximum absolute atomic E-state index is 5.85. The molecule has 1 aromatic carbocycles. The molecule has 1 aromatic rings. The molecule has 4 heteroatoms. The fraction of sp³-hybridized carbons (Fsp3) is 0.571. The number of aryl methyl sites for hydroxylation is 1. The Balaban J connectivity index is 2.05. The minimum atomic E-state index is 0.668. The fourth-order valence-corrected chi connectivity index (χ4v) is 1.56. The summed E-state index contributed by atoms with van der Waals surface area (Å²) in [5, 5.41) is 3.35. The lowest BCUT2D eigenvalue weighted by molar-refractivity contribution is 0.0691. The van der Waals surface area contributed by atoms with Crippen LogP contribution >= 0.6 is 0 Å². The molecule has 0 spiro atoms. The van der Waals surface area contributed by atoms with Gasteiger partial charge in [0.25, 0.3) is 0 Å². The summed E-state index contributed by atoms with van der Waals surface area (Å²) < 4.78 is 10.3. The number of hydrogen-bond acceptors (Lipinski definition) is 4. The number of nitrogen functional groups attached to an aromatic ring is 1. The topological polar surface area (TPSA) is 56.5 Å². The van der Waals surface area contributed by atoms with Crippen LogP contribution in [0.25, 0.3) is 0 Å². The van der Waals surface area contributed by atoms with E-state index in [0.717, 1.165) is 42.9 Å². The average Bonchev–Trinajstić information content (AvgIpc) is 2.37. The monoisotopic (exact) mass is 252 g/mol. The van der Waals surface area contributed by atoms with Crippen LogP contribution in [0, 0.1) is 6.92 Å². The van der Waals surface area contributed by atoms with Crippen molar-refractivity contribution in [2.75, 3.05) is 44.5 Å². The molecule has 0 bridgehead atoms. The number of nitrogens with two attached hydrogens (primary N) is 1. The lowest BCUT2D eigenvalue weighted by Gasteiger charge is -2.08. The van der Waals surface area contributed by atoms with Crippen LogP contribution < -0.4 is 11.1 Å². The molecule has 3 N–H and O–H groups in total. The molecule has 0 heterocycles. The van der Waals surface area contributed by atoms with Gasteiger partial charge in [-0.1, -0.05) is 6.07 Å². The van der Waals surface area contributed by atoms with E-state index in [1.807, 2.05) is 19.1 Å². The molecule has 0 aliphatic heterocycles. The van der Waals surface area contributed by atoms with Crippen molar-refractivity contribution in [2.24, 2.45) is 0 Å². The largest absolute Gasteiger partial charge is 0.398 e. The second kappa shape index (κ2) is 8.78. The highest BCUT2D eigenvalue weighted by molar-refractivity contribution is 5.58. The Bertz CT molecular complexity index is 343. The van der Waals surface area contributed by atoms with Gasteiger partial charge in [0.1, 0.15) is 0 Å². The van der Waals surface area contributed by atoms with E-state index in [1.165, 1.54) is 0 Å². The Morgan fingerprint density at radius 3 is 2.72 bits per heavy atom. The molecule has 4 nitrogen and oxygen atoms in total. The summed E-state index contributed by atoms with van der Waals surface area (Å²) in [5.74, 6) is 0. The minimum Gasteiger partial charge on any atom is -0.398 e. The highest BCUT2D eigenvalue weighted by atomic mass is 16.5. The summed E-state index contributed by atoms with van der Waals surface area (Å²) in [6.07, 6.45) is 2.14. The van der Waals surface area contributed by atoms with Gasteiger partial charge in [-0.2, -0.15) is 0 Å². The fourth-order valence-electron chi connectivity index (χ4n) is 1.56. The lowest BCUT2D eigenvalue weighted by Crippen LogP contribution is -2.06. The number of benzene rings is 1. The van der Waals surface area contributed by atoms with Gasteiger partial charge in [0.2, 0.25) is 0 Å². The van der Waals surface area contributed by atoms with Crippen molar-refractivity contribution >= 4 is 11.4 Å². The lowest BCUT2D eigenvalue weighted by atomic mass is 10.2. The van der Waals surface area contributed by atoms with Crippen LogP contribution in [0.4, 0.5) is 11.4 Å². The minimum absolute atomic E-state index is 0.668. The molecule has 18 heavy (non-hydrogen) atoms. The molecule has 0 aromatic heterocycles. The van der Waals surface area contributed by atoms with Crippen LogP contribution in [0.3, 0.4) is 0 Å². The van der Waals surface area contributed by atoms with E-state index in [4.69, 9.17) is 15.2 Å². The Morgan fingerprint density at radius 1 is 1.17 bits per heavy atom. The molecule has 0 aliphatic rings. The van der Waals surface area contributed by atoms with Crippen molar-refractivity contribution in [3.63, 3.8) is 0 Å². The molecule has 0 unspecified atom stereocenters. The van der Waals surface area contributed by atoms with Gasteiger partial charge in [0.05, 0.1) is 13.2 Å². The molecule has 0 radical (unpaired) electrons. The number of anilines is 2. The average molecular weight is 252 g/mol. The quantitative estimate of drug-likeness (QED) is 0.523. The van der Waals surface area contributed by atoms with E-state index in [1.54, 1.807) is 7.11 Å². The first kappa shape index (κ1) is 14.8. The van der Waals surface area contributed by atoms with E-state index in [2.05, 4.69) is 11.4 Å². The van der Waals surface area contributed by atoms with E-state index in [0.29, 0.717) is 13.2 Å². The van der Waals surface area contributed by atoms with Crippen LogP contribution in [-0.4, -0.2) is 33.5 Å². The van der Waals surface area contributed by atoms with Crippen molar-refractivity contribution in [1.82, 2.24) is 0 Å². The van der Waals surface area contributed by atoms with Gasteiger partial charge in [-0.25, -0.2) is 0 Å². The number of ether oxygens (including phenoxy) is 2. The summed E-state index contributed by atoms with van der Waals surface area (Å²) in [6.45, 7) is 5.09. The van der Waals surface area contributed by atoms with Crippen molar-refractivity contribution in [1.29, 1.82) is 0 Å². The number of nitrogens with one attached hydrogen (secondary N) is 1. The van der Waals surface area contributed by atoms with E-state index in [9.17, 15) is 0 Å². The first-order chi connectivity index (χ1) is 8.74. The van der Waals surface area contributed by atoms with Crippen LogP contribution in [-0.2, 0) is 9.47 Å². The van der Waals surface area contributed by atoms with E-state index in [-0.39, 0.29) is 0 Å². The second-order valence-electron chi connectivity index (χ2n) is 4.31. The first-order valence-electron chi connectivity index (χ1n) is 6.40. The number of methoxy groups -OCH3 is 1. The van der Waals surface area contributed by atoms with Crippen molar-refractivity contribution in [3.8, 4) is 0 Å². The van der Waals surface area contributed by atoms with Gasteiger partial charge in [-0.05, 0) is 37.5 Å². The molecule has 0 atom stereocenters. The Kier molecular flexibility index (Phi) is 7.22. The molecule has 0 fully saturated rings. The third kappa shape index (κ3) is 5.89. The summed E-state index contributed by atoms with van der Waals surface area (Å²) >= 11 is 0. The third-order valence-corrected chi connectivity index (χ3v) is 2.76. The zero-order valence-electron chi connectivity index (χ0n) is 11.4. The van der Waals surface area contributed by atoms with E-state index < -0.39 is 0 Å². The Morgan fingerprint density at radius 2 is 2.00 bits per heavy atom. The van der Waals surface area contributed by atoms with Crippen molar-refractivity contribution in [3.05, 3.63) is 23.8 Å². The van der Waals surface area contributed by atoms with Gasteiger partial charge >= 0.3 is 0 Å². The van der Waals surface area contributed by atoms with Crippen molar-refractivity contribution < 1.29 is 9.47 Å².